The van der Waals surface area contributed by atoms with Gasteiger partial charge in [0, 0.05) is 44.6 Å². The van der Waals surface area contributed by atoms with Crippen molar-refractivity contribution in [2.24, 2.45) is 0 Å². The highest BCUT2D eigenvalue weighted by Gasteiger charge is 2.43. The van der Waals surface area contributed by atoms with Crippen LogP contribution >= 0.6 is 0 Å². The van der Waals surface area contributed by atoms with Gasteiger partial charge in [-0.05, 0) is 37.0 Å². The Balaban J connectivity index is 0.000000383. The summed E-state index contributed by atoms with van der Waals surface area (Å²) < 4.78 is 43.4. The lowest BCUT2D eigenvalue weighted by Crippen LogP contribution is -2.50. The summed E-state index contributed by atoms with van der Waals surface area (Å²) in [5.74, 6) is -1.48. The first-order chi connectivity index (χ1) is 15.6. The van der Waals surface area contributed by atoms with Crippen molar-refractivity contribution in [3.05, 3.63) is 54.0 Å². The molecule has 1 aromatic heterocycles. The van der Waals surface area contributed by atoms with E-state index in [9.17, 15) is 18.0 Å². The fraction of sp³-hybridized carbons (Fsp3) is 0.478. The third kappa shape index (κ3) is 6.50. The molecule has 1 fully saturated rings. The van der Waals surface area contributed by atoms with Crippen molar-refractivity contribution in [3.8, 4) is 5.75 Å². The first-order valence-electron chi connectivity index (χ1n) is 10.6. The molecular formula is C23H27F3N2O5. The van der Waals surface area contributed by atoms with Gasteiger partial charge in [0.05, 0.1) is 12.5 Å². The first kappa shape index (κ1) is 24.6. The summed E-state index contributed by atoms with van der Waals surface area (Å²) in [7, 11) is 1.71. The highest BCUT2D eigenvalue weighted by Crippen LogP contribution is 2.46. The Morgan fingerprint density at radius 1 is 1.21 bits per heavy atom. The van der Waals surface area contributed by atoms with Gasteiger partial charge >= 0.3 is 12.1 Å². The molecule has 1 spiro atoms. The molecule has 0 radical (unpaired) electrons. The van der Waals surface area contributed by atoms with E-state index in [1.165, 1.54) is 11.1 Å². The van der Waals surface area contributed by atoms with Crippen LogP contribution < -0.4 is 10.1 Å². The Labute approximate surface area is 189 Å². The number of hydrogen-bond acceptors (Lipinski definition) is 5. The Morgan fingerprint density at radius 3 is 2.45 bits per heavy atom. The number of likely N-dealkylation sites (tertiary alicyclic amines) is 1. The Kier molecular flexibility index (Phi) is 7.68. The molecule has 180 valence electrons. The van der Waals surface area contributed by atoms with Crippen LogP contribution in [-0.4, -0.2) is 53.8 Å². The predicted octanol–water partition coefficient (Wildman–Crippen LogP) is 3.95. The second-order valence-corrected chi connectivity index (χ2v) is 8.31. The van der Waals surface area contributed by atoms with E-state index >= 15 is 0 Å². The van der Waals surface area contributed by atoms with Crippen LogP contribution in [0.1, 0.15) is 42.7 Å². The van der Waals surface area contributed by atoms with Crippen molar-refractivity contribution in [2.75, 3.05) is 20.1 Å². The highest BCUT2D eigenvalue weighted by atomic mass is 19.4. The van der Waals surface area contributed by atoms with Gasteiger partial charge in [0.2, 0.25) is 5.91 Å². The van der Waals surface area contributed by atoms with Gasteiger partial charge in [-0.25, -0.2) is 4.79 Å². The Morgan fingerprint density at radius 2 is 1.88 bits per heavy atom. The van der Waals surface area contributed by atoms with Crippen LogP contribution in [-0.2, 0) is 16.1 Å². The molecule has 2 aromatic rings. The van der Waals surface area contributed by atoms with Gasteiger partial charge in [-0.2, -0.15) is 13.2 Å². The number of furan rings is 1. The maximum atomic E-state index is 12.0. The molecule has 7 nitrogen and oxygen atoms in total. The molecule has 1 atom stereocenters. The quantitative estimate of drug-likeness (QED) is 0.706. The zero-order valence-corrected chi connectivity index (χ0v) is 18.2. The number of halogens is 3. The summed E-state index contributed by atoms with van der Waals surface area (Å²) in [4.78, 5) is 23.4. The van der Waals surface area contributed by atoms with Gasteiger partial charge in [-0.3, -0.25) is 9.69 Å². The molecule has 1 amide bonds. The number of amides is 1. The number of carbonyl (C=O) groups excluding carboxylic acids is 1. The highest BCUT2D eigenvalue weighted by molar-refractivity contribution is 5.76. The third-order valence-electron chi connectivity index (χ3n) is 6.01. The Hall–Kier alpha value is -3.01. The number of alkyl halides is 3. The minimum Gasteiger partial charge on any atom is -0.487 e. The number of carboxylic acids is 1. The number of carbonyl (C=O) groups is 2. The molecule has 33 heavy (non-hydrogen) atoms. The molecule has 0 saturated carbocycles. The van der Waals surface area contributed by atoms with E-state index in [0.717, 1.165) is 44.6 Å². The van der Waals surface area contributed by atoms with Crippen molar-refractivity contribution in [2.45, 2.75) is 49.9 Å². The van der Waals surface area contributed by atoms with Crippen LogP contribution in [0.15, 0.2) is 47.3 Å². The van der Waals surface area contributed by atoms with E-state index in [0.29, 0.717) is 6.42 Å². The van der Waals surface area contributed by atoms with Crippen molar-refractivity contribution < 1.29 is 37.0 Å². The lowest BCUT2D eigenvalue weighted by Gasteiger charge is -2.47. The average molecular weight is 468 g/mol. The van der Waals surface area contributed by atoms with Crippen molar-refractivity contribution in [3.63, 3.8) is 0 Å². The van der Waals surface area contributed by atoms with Crippen LogP contribution in [0.25, 0.3) is 0 Å². The van der Waals surface area contributed by atoms with Crippen LogP contribution in [0, 0.1) is 0 Å². The number of carboxylic acid groups (broad SMARTS) is 1. The molecule has 0 bridgehead atoms. The minimum absolute atomic E-state index is 0.0965. The number of ether oxygens (including phenoxy) is 1. The lowest BCUT2D eigenvalue weighted by molar-refractivity contribution is -0.192. The summed E-state index contributed by atoms with van der Waals surface area (Å²) in [6.45, 7) is 2.92. The average Bonchev–Trinajstić information content (AvgIpc) is 3.28. The second-order valence-electron chi connectivity index (χ2n) is 8.31. The number of benzene rings is 1. The van der Waals surface area contributed by atoms with Crippen molar-refractivity contribution in [1.29, 1.82) is 0 Å². The van der Waals surface area contributed by atoms with Crippen LogP contribution in [0.3, 0.4) is 0 Å². The van der Waals surface area contributed by atoms with E-state index in [1.807, 2.05) is 30.5 Å². The van der Waals surface area contributed by atoms with E-state index in [1.54, 1.807) is 13.3 Å². The number of rotatable bonds is 4. The molecule has 2 aliphatic heterocycles. The number of hydrogen-bond donors (Lipinski definition) is 2. The summed E-state index contributed by atoms with van der Waals surface area (Å²) in [5.41, 5.74) is 2.23. The number of aliphatic carboxylic acids is 1. The molecule has 10 heteroatoms. The fourth-order valence-electron chi connectivity index (χ4n) is 4.32. The molecule has 1 unspecified atom stereocenters. The van der Waals surface area contributed by atoms with Gasteiger partial charge in [-0.1, -0.05) is 18.2 Å². The zero-order chi connectivity index (χ0) is 24.1. The lowest BCUT2D eigenvalue weighted by atomic mass is 9.76. The van der Waals surface area contributed by atoms with Gasteiger partial charge in [0.25, 0.3) is 0 Å². The SMILES string of the molecule is CNC(=O)CC1CC2(CCN(Cc3ccoc3)CC2)Oc2ccccc21.O=C(O)C(F)(F)F. The Bertz CT molecular complexity index is 938. The second kappa shape index (κ2) is 10.3. The molecule has 0 aliphatic carbocycles. The number of fused-ring (bicyclic) bond motifs is 1. The van der Waals surface area contributed by atoms with E-state index in [4.69, 9.17) is 19.1 Å². The summed E-state index contributed by atoms with van der Waals surface area (Å²) in [6, 6.07) is 10.2. The summed E-state index contributed by atoms with van der Waals surface area (Å²) >= 11 is 0. The van der Waals surface area contributed by atoms with Gasteiger partial charge in [-0.15, -0.1) is 0 Å². The molecular weight excluding hydrogens is 441 g/mol. The maximum absolute atomic E-state index is 12.0. The third-order valence-corrected chi connectivity index (χ3v) is 6.01. The number of nitrogens with zero attached hydrogens (tertiary/aromatic N) is 1. The molecule has 1 saturated heterocycles. The van der Waals surface area contributed by atoms with Crippen LogP contribution in [0.2, 0.25) is 0 Å². The van der Waals surface area contributed by atoms with Crippen LogP contribution in [0.5, 0.6) is 5.75 Å². The van der Waals surface area contributed by atoms with E-state index in [2.05, 4.69) is 16.3 Å². The topological polar surface area (TPSA) is 92.0 Å². The largest absolute Gasteiger partial charge is 0.490 e. The van der Waals surface area contributed by atoms with Crippen LogP contribution in [0.4, 0.5) is 13.2 Å². The molecule has 3 heterocycles. The fourth-order valence-corrected chi connectivity index (χ4v) is 4.32. The number of nitrogens with one attached hydrogen (secondary N) is 1. The van der Waals surface area contributed by atoms with Gasteiger partial charge in [0.1, 0.15) is 11.4 Å². The van der Waals surface area contributed by atoms with E-state index in [-0.39, 0.29) is 17.4 Å². The molecule has 2 N–H and O–H groups in total. The smallest absolute Gasteiger partial charge is 0.487 e. The zero-order valence-electron chi connectivity index (χ0n) is 18.2. The molecule has 1 aromatic carbocycles. The maximum Gasteiger partial charge on any atom is 0.490 e. The summed E-state index contributed by atoms with van der Waals surface area (Å²) in [6.07, 6.45) is 1.88. The molecule has 4 rings (SSSR count). The number of piperidine rings is 1. The predicted molar refractivity (Wildman–Crippen MR) is 113 cm³/mol. The number of para-hydroxylation sites is 1. The standard InChI is InChI=1S/C21H26N2O3.C2HF3O2/c1-22-20(24)12-17-13-21(26-19-5-3-2-4-18(17)19)7-9-23(10-8-21)14-16-6-11-25-15-16;3-2(4,5)1(6)7/h2-6,11,15,17H,7-10,12-14H2,1H3,(H,22,24);(H,6,7). The van der Waals surface area contributed by atoms with E-state index < -0.39 is 12.1 Å². The molecule has 2 aliphatic rings. The van der Waals surface area contributed by atoms with Gasteiger partial charge < -0.3 is 19.6 Å². The summed E-state index contributed by atoms with van der Waals surface area (Å²) in [5, 5.41) is 9.89. The minimum atomic E-state index is -5.08. The first-order valence-corrected chi connectivity index (χ1v) is 10.6. The monoisotopic (exact) mass is 468 g/mol. The van der Waals surface area contributed by atoms with Crippen molar-refractivity contribution >= 4 is 11.9 Å². The van der Waals surface area contributed by atoms with Crippen molar-refractivity contribution in [1.82, 2.24) is 10.2 Å². The normalized spacial score (nSPS) is 19.6. The van der Waals surface area contributed by atoms with Gasteiger partial charge in [0.15, 0.2) is 0 Å².